The van der Waals surface area contributed by atoms with Crippen molar-refractivity contribution in [2.45, 2.75) is 43.4 Å². The normalized spacial score (nSPS) is 14.5. The average molecular weight is 447 g/mol. The number of hydrogen-bond donors (Lipinski definition) is 0. The summed E-state index contributed by atoms with van der Waals surface area (Å²) in [4.78, 5) is 22.1. The molecule has 0 unspecified atom stereocenters. The molecule has 1 aromatic carbocycles. The molecule has 4 rings (SSSR count). The van der Waals surface area contributed by atoms with E-state index in [1.165, 1.54) is 6.07 Å². The van der Waals surface area contributed by atoms with E-state index >= 15 is 0 Å². The molecule has 0 radical (unpaired) electrons. The van der Waals surface area contributed by atoms with Crippen molar-refractivity contribution in [1.82, 2.24) is 14.9 Å². The van der Waals surface area contributed by atoms with Crippen molar-refractivity contribution in [3.05, 3.63) is 66.0 Å². The van der Waals surface area contributed by atoms with Gasteiger partial charge >= 0.3 is 6.18 Å². The van der Waals surface area contributed by atoms with E-state index in [2.05, 4.69) is 16.0 Å². The zero-order chi connectivity index (χ0) is 21.8. The molecule has 1 amide bonds. The Hall–Kier alpha value is -2.81. The summed E-state index contributed by atoms with van der Waals surface area (Å²) in [6, 6.07) is 10.1. The highest BCUT2D eigenvalue weighted by Gasteiger charge is 2.35. The quantitative estimate of drug-likeness (QED) is 0.352. The number of para-hydroxylation sites is 1. The number of halogens is 3. The molecule has 0 fully saturated rings. The smallest absolute Gasteiger partial charge is 0.451 e. The first kappa shape index (κ1) is 21.4. The molecule has 3 aromatic rings. The molecular weight excluding hydrogens is 427 g/mol. The zero-order valence-electron chi connectivity index (χ0n) is 16.6. The minimum absolute atomic E-state index is 0.0453. The maximum atomic E-state index is 13.3. The monoisotopic (exact) mass is 447 g/mol. The fraction of sp³-hybridized carbons (Fsp3) is 0.318. The van der Waals surface area contributed by atoms with Crippen LogP contribution in [0.25, 0.3) is 10.9 Å². The van der Waals surface area contributed by atoms with Crippen molar-refractivity contribution >= 4 is 28.6 Å². The topological polar surface area (TPSA) is 59.2 Å². The number of amides is 1. The van der Waals surface area contributed by atoms with Crippen LogP contribution in [0.2, 0.25) is 0 Å². The Morgan fingerprint density at radius 3 is 2.68 bits per heavy atom. The number of nitrogens with zero attached hydrogens (tertiary/aromatic N) is 3. The lowest BCUT2D eigenvalue weighted by Gasteiger charge is -2.27. The van der Waals surface area contributed by atoms with E-state index in [0.717, 1.165) is 43.1 Å². The van der Waals surface area contributed by atoms with E-state index < -0.39 is 12.0 Å². The number of furan rings is 1. The van der Waals surface area contributed by atoms with Crippen LogP contribution >= 0.6 is 11.8 Å². The summed E-state index contributed by atoms with van der Waals surface area (Å²) in [6.45, 7) is 0.288. The fourth-order valence-electron chi connectivity index (χ4n) is 3.47. The van der Waals surface area contributed by atoms with Gasteiger partial charge in [0.1, 0.15) is 10.8 Å². The number of aromatic nitrogens is 2. The molecule has 1 aliphatic rings. The number of allylic oxidation sites excluding steroid dienone is 2. The maximum Gasteiger partial charge on any atom is 0.451 e. The van der Waals surface area contributed by atoms with Crippen LogP contribution in [0, 0.1) is 0 Å². The first-order valence-corrected chi connectivity index (χ1v) is 10.9. The molecule has 0 atom stereocenters. The molecule has 9 heteroatoms. The van der Waals surface area contributed by atoms with Gasteiger partial charge in [-0.05, 0) is 43.9 Å². The predicted octanol–water partition coefficient (Wildman–Crippen LogP) is 5.82. The van der Waals surface area contributed by atoms with Crippen LogP contribution in [0.3, 0.4) is 0 Å². The van der Waals surface area contributed by atoms with Crippen LogP contribution in [0.4, 0.5) is 13.2 Å². The highest BCUT2D eigenvalue weighted by Crippen LogP contribution is 2.32. The number of carbonyl (C=O) groups excluding carboxylic acids is 1. The molecule has 0 saturated heterocycles. The van der Waals surface area contributed by atoms with E-state index in [1.54, 1.807) is 41.5 Å². The van der Waals surface area contributed by atoms with E-state index in [9.17, 15) is 18.0 Å². The van der Waals surface area contributed by atoms with Crippen molar-refractivity contribution in [1.29, 1.82) is 0 Å². The number of hydrogen-bond acceptors (Lipinski definition) is 5. The standard InChI is InChI=1S/C22H20F3N3O2S/c23-22(24,25)21-26-18-11-5-4-10-17(18)20(27-21)31-14-19(29)28(13-16-9-6-12-30-16)15-7-2-1-3-8-15/h4-7,9-12H,1-3,8,13-14H2. The number of fused-ring (bicyclic) bond motifs is 1. The number of alkyl halides is 3. The largest absolute Gasteiger partial charge is 0.467 e. The van der Waals surface area contributed by atoms with Gasteiger partial charge in [0.15, 0.2) is 0 Å². The Morgan fingerprint density at radius 2 is 1.97 bits per heavy atom. The molecule has 0 saturated carbocycles. The molecule has 2 heterocycles. The van der Waals surface area contributed by atoms with Gasteiger partial charge in [0.2, 0.25) is 11.7 Å². The summed E-state index contributed by atoms with van der Waals surface area (Å²) in [5.41, 5.74) is 1.12. The van der Waals surface area contributed by atoms with Crippen molar-refractivity contribution in [3.8, 4) is 0 Å². The van der Waals surface area contributed by atoms with E-state index in [-0.39, 0.29) is 28.7 Å². The van der Waals surface area contributed by atoms with Crippen molar-refractivity contribution in [2.75, 3.05) is 5.75 Å². The molecule has 31 heavy (non-hydrogen) atoms. The molecule has 2 aromatic heterocycles. The highest BCUT2D eigenvalue weighted by atomic mass is 32.2. The number of rotatable bonds is 6. The molecular formula is C22H20F3N3O2S. The number of benzene rings is 1. The summed E-state index contributed by atoms with van der Waals surface area (Å²) in [7, 11) is 0. The molecule has 5 nitrogen and oxygen atoms in total. The Balaban J connectivity index is 1.58. The summed E-state index contributed by atoms with van der Waals surface area (Å²) in [5, 5.41) is 0.629. The fourth-order valence-corrected chi connectivity index (χ4v) is 4.36. The predicted molar refractivity (Wildman–Crippen MR) is 111 cm³/mol. The third-order valence-corrected chi connectivity index (χ3v) is 5.94. The van der Waals surface area contributed by atoms with Crippen LogP contribution in [-0.4, -0.2) is 26.5 Å². The molecule has 1 aliphatic carbocycles. The molecule has 162 valence electrons. The highest BCUT2D eigenvalue weighted by molar-refractivity contribution is 8.00. The molecule has 0 aliphatic heterocycles. The third-order valence-electron chi connectivity index (χ3n) is 4.96. The van der Waals surface area contributed by atoms with Crippen LogP contribution in [0.5, 0.6) is 0 Å². The first-order valence-electron chi connectivity index (χ1n) is 9.90. The first-order chi connectivity index (χ1) is 14.9. The molecule has 0 N–H and O–H groups in total. The van der Waals surface area contributed by atoms with E-state index in [4.69, 9.17) is 4.42 Å². The minimum atomic E-state index is -4.67. The Bertz CT molecular complexity index is 1100. The number of thioether (sulfide) groups is 1. The van der Waals surface area contributed by atoms with Gasteiger partial charge in [-0.2, -0.15) is 13.2 Å². The van der Waals surface area contributed by atoms with Crippen LogP contribution in [0.1, 0.15) is 37.3 Å². The lowest BCUT2D eigenvalue weighted by atomic mass is 10.0. The SMILES string of the molecule is O=C(CSc1nc(C(F)(F)F)nc2ccccc12)N(Cc1ccco1)C1=CCCCC1. The lowest BCUT2D eigenvalue weighted by Crippen LogP contribution is -2.32. The van der Waals surface area contributed by atoms with Gasteiger partial charge in [0, 0.05) is 11.1 Å². The maximum absolute atomic E-state index is 13.3. The Labute approximate surface area is 181 Å². The van der Waals surface area contributed by atoms with Gasteiger partial charge in [-0.1, -0.05) is 36.0 Å². The van der Waals surface area contributed by atoms with Gasteiger partial charge in [0.05, 0.1) is 24.1 Å². The van der Waals surface area contributed by atoms with Crippen LogP contribution < -0.4 is 0 Å². The van der Waals surface area contributed by atoms with Crippen molar-refractivity contribution in [2.24, 2.45) is 0 Å². The van der Waals surface area contributed by atoms with Gasteiger partial charge in [-0.25, -0.2) is 9.97 Å². The van der Waals surface area contributed by atoms with Gasteiger partial charge < -0.3 is 9.32 Å². The zero-order valence-corrected chi connectivity index (χ0v) is 17.4. The van der Waals surface area contributed by atoms with Crippen molar-refractivity contribution < 1.29 is 22.4 Å². The minimum Gasteiger partial charge on any atom is -0.467 e. The second-order valence-corrected chi connectivity index (χ2v) is 8.12. The summed E-state index contributed by atoms with van der Waals surface area (Å²) in [6.07, 6.45) is 2.69. The lowest BCUT2D eigenvalue weighted by molar-refractivity contribution is -0.145. The van der Waals surface area contributed by atoms with Crippen LogP contribution in [0.15, 0.2) is 63.9 Å². The average Bonchev–Trinajstić information content (AvgIpc) is 3.29. The van der Waals surface area contributed by atoms with Gasteiger partial charge in [0.25, 0.3) is 0 Å². The van der Waals surface area contributed by atoms with Gasteiger partial charge in [-0.15, -0.1) is 0 Å². The molecule has 0 spiro atoms. The summed E-state index contributed by atoms with van der Waals surface area (Å²) < 4.78 is 45.2. The second-order valence-electron chi connectivity index (χ2n) is 7.16. The second kappa shape index (κ2) is 9.13. The Morgan fingerprint density at radius 1 is 1.13 bits per heavy atom. The molecule has 0 bridgehead atoms. The Kier molecular flexibility index (Phi) is 6.31. The van der Waals surface area contributed by atoms with Crippen molar-refractivity contribution in [3.63, 3.8) is 0 Å². The van der Waals surface area contributed by atoms with E-state index in [0.29, 0.717) is 11.1 Å². The number of carbonyl (C=O) groups is 1. The van der Waals surface area contributed by atoms with Crippen LogP contribution in [-0.2, 0) is 17.5 Å². The third kappa shape index (κ3) is 5.10. The summed E-state index contributed by atoms with van der Waals surface area (Å²) in [5.74, 6) is -0.804. The van der Waals surface area contributed by atoms with E-state index in [1.807, 2.05) is 0 Å². The summed E-state index contributed by atoms with van der Waals surface area (Å²) >= 11 is 0.993. The van der Waals surface area contributed by atoms with Gasteiger partial charge in [-0.3, -0.25) is 4.79 Å².